The maximum Gasteiger partial charge on any atom is 0.153 e. The lowest BCUT2D eigenvalue weighted by molar-refractivity contribution is 0.777. The Morgan fingerprint density at radius 1 is 1.41 bits per heavy atom. The molecule has 90 valence electrons. The van der Waals surface area contributed by atoms with Gasteiger partial charge in [0.15, 0.2) is 5.82 Å². The summed E-state index contributed by atoms with van der Waals surface area (Å²) in [4.78, 5) is 4.61. The number of hydrogen-bond donors (Lipinski definition) is 1. The average Bonchev–Trinajstić information content (AvgIpc) is 2.75. The molecule has 0 aliphatic heterocycles. The molecular formula is C12H15IN4. The Bertz CT molecular complexity index is 519. The molecule has 2 heterocycles. The first-order valence-corrected chi connectivity index (χ1v) is 6.59. The van der Waals surface area contributed by atoms with E-state index in [1.807, 2.05) is 18.5 Å². The van der Waals surface area contributed by atoms with Crippen molar-refractivity contribution in [3.63, 3.8) is 0 Å². The summed E-state index contributed by atoms with van der Waals surface area (Å²) in [5, 5.41) is 4.27. The van der Waals surface area contributed by atoms with Crippen molar-refractivity contribution < 1.29 is 0 Å². The largest absolute Gasteiger partial charge is 0.326 e. The van der Waals surface area contributed by atoms with Gasteiger partial charge in [-0.2, -0.15) is 5.10 Å². The van der Waals surface area contributed by atoms with Gasteiger partial charge in [-0.15, -0.1) is 0 Å². The molecule has 2 N–H and O–H groups in total. The summed E-state index contributed by atoms with van der Waals surface area (Å²) in [7, 11) is 0. The first-order valence-electron chi connectivity index (χ1n) is 5.51. The summed E-state index contributed by atoms with van der Waals surface area (Å²) in [6.45, 7) is 4.77. The predicted octanol–water partition coefficient (Wildman–Crippen LogP) is 2.45. The minimum absolute atomic E-state index is 0.384. The highest BCUT2D eigenvalue weighted by atomic mass is 127. The summed E-state index contributed by atoms with van der Waals surface area (Å²) >= 11 is 2.23. The van der Waals surface area contributed by atoms with Gasteiger partial charge in [-0.05, 0) is 46.2 Å². The van der Waals surface area contributed by atoms with Crippen molar-refractivity contribution in [2.45, 2.75) is 26.3 Å². The van der Waals surface area contributed by atoms with Crippen LogP contribution in [-0.4, -0.2) is 14.8 Å². The van der Waals surface area contributed by atoms with Gasteiger partial charge in [-0.1, -0.05) is 13.8 Å². The number of aromatic nitrogens is 3. The van der Waals surface area contributed by atoms with Gasteiger partial charge in [0, 0.05) is 18.4 Å². The Kier molecular flexibility index (Phi) is 3.78. The molecule has 0 amide bonds. The normalized spacial score (nSPS) is 11.1. The molecule has 0 radical (unpaired) electrons. The smallest absolute Gasteiger partial charge is 0.153 e. The lowest BCUT2D eigenvalue weighted by atomic mass is 10.1. The van der Waals surface area contributed by atoms with Gasteiger partial charge in [0.2, 0.25) is 0 Å². The molecule has 17 heavy (non-hydrogen) atoms. The van der Waals surface area contributed by atoms with Crippen LogP contribution in [-0.2, 0) is 6.54 Å². The minimum Gasteiger partial charge on any atom is -0.326 e. The van der Waals surface area contributed by atoms with Gasteiger partial charge in [0.1, 0.15) is 0 Å². The number of halogens is 1. The van der Waals surface area contributed by atoms with Crippen molar-refractivity contribution in [3.8, 4) is 5.82 Å². The lowest BCUT2D eigenvalue weighted by Crippen LogP contribution is -2.06. The predicted molar refractivity (Wildman–Crippen MR) is 76.1 cm³/mol. The number of rotatable bonds is 3. The summed E-state index contributed by atoms with van der Waals surface area (Å²) in [5.41, 5.74) is 7.85. The molecule has 2 aromatic rings. The highest BCUT2D eigenvalue weighted by molar-refractivity contribution is 14.1. The molecule has 0 unspecified atom stereocenters. The summed E-state index contributed by atoms with van der Waals surface area (Å²) in [6, 6.07) is 4.04. The zero-order chi connectivity index (χ0) is 12.4. The third-order valence-corrected chi connectivity index (χ3v) is 3.06. The van der Waals surface area contributed by atoms with Crippen LogP contribution in [0.25, 0.3) is 5.82 Å². The van der Waals surface area contributed by atoms with E-state index in [0.29, 0.717) is 12.5 Å². The monoisotopic (exact) mass is 342 g/mol. The molecule has 0 aromatic carbocycles. The fourth-order valence-electron chi connectivity index (χ4n) is 1.55. The molecule has 2 aromatic heterocycles. The van der Waals surface area contributed by atoms with E-state index in [2.05, 4.69) is 52.6 Å². The molecule has 0 spiro atoms. The highest BCUT2D eigenvalue weighted by Crippen LogP contribution is 2.17. The molecule has 5 heteroatoms. The number of nitrogens with two attached hydrogens (primary N) is 1. The molecule has 0 saturated carbocycles. The van der Waals surface area contributed by atoms with Gasteiger partial charge < -0.3 is 5.73 Å². The van der Waals surface area contributed by atoms with Crippen LogP contribution in [0.1, 0.15) is 31.0 Å². The van der Waals surface area contributed by atoms with Crippen molar-refractivity contribution >= 4 is 22.6 Å². The van der Waals surface area contributed by atoms with E-state index < -0.39 is 0 Å². The Labute approximate surface area is 114 Å². The summed E-state index contributed by atoms with van der Waals surface area (Å²) in [5.74, 6) is 1.22. The molecule has 4 nitrogen and oxygen atoms in total. The van der Waals surface area contributed by atoms with Crippen LogP contribution < -0.4 is 5.73 Å². The van der Waals surface area contributed by atoms with Crippen LogP contribution in [0.4, 0.5) is 0 Å². The van der Waals surface area contributed by atoms with Crippen molar-refractivity contribution in [2.75, 3.05) is 0 Å². The Hall–Kier alpha value is -0.950. The van der Waals surface area contributed by atoms with Crippen LogP contribution in [0.15, 0.2) is 24.5 Å². The van der Waals surface area contributed by atoms with E-state index in [1.54, 1.807) is 4.68 Å². The molecule has 0 saturated heterocycles. The maximum absolute atomic E-state index is 5.71. The maximum atomic E-state index is 5.71. The van der Waals surface area contributed by atoms with Crippen molar-refractivity contribution in [3.05, 3.63) is 39.4 Å². The second-order valence-electron chi connectivity index (χ2n) is 4.22. The van der Waals surface area contributed by atoms with E-state index in [0.717, 1.165) is 20.6 Å². The van der Waals surface area contributed by atoms with E-state index in [4.69, 9.17) is 5.73 Å². The van der Waals surface area contributed by atoms with Gasteiger partial charge in [0.25, 0.3) is 0 Å². The Morgan fingerprint density at radius 3 is 2.71 bits per heavy atom. The SMILES string of the molecule is CC(C)c1cc(CN)cc(-n2cc(I)cn2)n1. The molecule has 0 bridgehead atoms. The standard InChI is InChI=1S/C12H15IN4/c1-8(2)11-3-9(5-14)4-12(16-11)17-7-10(13)6-15-17/h3-4,6-8H,5,14H2,1-2H3. The third kappa shape index (κ3) is 2.84. The molecule has 0 atom stereocenters. The fourth-order valence-corrected chi connectivity index (χ4v) is 1.94. The average molecular weight is 342 g/mol. The number of nitrogens with zero attached hydrogens (tertiary/aromatic N) is 3. The van der Waals surface area contributed by atoms with Crippen molar-refractivity contribution in [2.24, 2.45) is 5.73 Å². The second kappa shape index (κ2) is 5.14. The molecule has 0 fully saturated rings. The number of hydrogen-bond acceptors (Lipinski definition) is 3. The summed E-state index contributed by atoms with van der Waals surface area (Å²) < 4.78 is 2.88. The topological polar surface area (TPSA) is 56.7 Å². The van der Waals surface area contributed by atoms with Crippen LogP contribution in [0, 0.1) is 3.57 Å². The third-order valence-electron chi connectivity index (χ3n) is 2.50. The zero-order valence-corrected chi connectivity index (χ0v) is 12.0. The van der Waals surface area contributed by atoms with Crippen molar-refractivity contribution in [1.82, 2.24) is 14.8 Å². The quantitative estimate of drug-likeness (QED) is 0.872. The van der Waals surface area contributed by atoms with E-state index in [9.17, 15) is 0 Å². The van der Waals surface area contributed by atoms with E-state index >= 15 is 0 Å². The van der Waals surface area contributed by atoms with E-state index in [1.165, 1.54) is 0 Å². The highest BCUT2D eigenvalue weighted by Gasteiger charge is 2.07. The Balaban J connectivity index is 2.49. The molecule has 0 aliphatic rings. The Morgan fingerprint density at radius 2 is 2.18 bits per heavy atom. The second-order valence-corrected chi connectivity index (χ2v) is 5.47. The van der Waals surface area contributed by atoms with Gasteiger partial charge in [0.05, 0.1) is 9.77 Å². The van der Waals surface area contributed by atoms with Crippen LogP contribution in [0.5, 0.6) is 0 Å². The molecule has 2 rings (SSSR count). The van der Waals surface area contributed by atoms with Gasteiger partial charge >= 0.3 is 0 Å². The van der Waals surface area contributed by atoms with Crippen LogP contribution in [0.2, 0.25) is 0 Å². The zero-order valence-electron chi connectivity index (χ0n) is 9.89. The minimum atomic E-state index is 0.384. The lowest BCUT2D eigenvalue weighted by Gasteiger charge is -2.10. The molecular weight excluding hydrogens is 327 g/mol. The first kappa shape index (κ1) is 12.5. The summed E-state index contributed by atoms with van der Waals surface area (Å²) in [6.07, 6.45) is 3.76. The first-order chi connectivity index (χ1) is 8.10. The van der Waals surface area contributed by atoms with Gasteiger partial charge in [-0.25, -0.2) is 9.67 Å². The molecule has 0 aliphatic carbocycles. The van der Waals surface area contributed by atoms with Gasteiger partial charge in [-0.3, -0.25) is 0 Å². The van der Waals surface area contributed by atoms with Crippen LogP contribution in [0.3, 0.4) is 0 Å². The number of pyridine rings is 1. The van der Waals surface area contributed by atoms with E-state index in [-0.39, 0.29) is 0 Å². The van der Waals surface area contributed by atoms with Crippen LogP contribution >= 0.6 is 22.6 Å². The van der Waals surface area contributed by atoms with Crippen molar-refractivity contribution in [1.29, 1.82) is 0 Å². The fraction of sp³-hybridized carbons (Fsp3) is 0.333.